The Morgan fingerprint density at radius 3 is 2.51 bits per heavy atom. The van der Waals surface area contributed by atoms with E-state index >= 15 is 0 Å². The number of carbonyl (C=O) groups is 1. The van der Waals surface area contributed by atoms with Crippen LogP contribution in [0.25, 0.3) is 5.82 Å². The molecule has 2 heterocycles. The van der Waals surface area contributed by atoms with Crippen molar-refractivity contribution in [2.45, 2.75) is 85.8 Å². The van der Waals surface area contributed by atoms with Crippen molar-refractivity contribution in [3.05, 3.63) is 34.5 Å². The molecule has 1 atom stereocenters. The molecule has 2 aromatic heterocycles. The summed E-state index contributed by atoms with van der Waals surface area (Å²) in [6.07, 6.45) is 5.86. The lowest BCUT2D eigenvalue weighted by atomic mass is 9.79. The summed E-state index contributed by atoms with van der Waals surface area (Å²) in [4.78, 5) is 21.8. The van der Waals surface area contributed by atoms with Gasteiger partial charge >= 0.3 is 17.1 Å². The number of amides is 1. The van der Waals surface area contributed by atoms with Gasteiger partial charge in [-0.3, -0.25) is 9.36 Å². The molecule has 1 amide bonds. The van der Waals surface area contributed by atoms with Gasteiger partial charge in [-0.15, -0.1) is 0 Å². The van der Waals surface area contributed by atoms with Gasteiger partial charge in [-0.05, 0) is 67.9 Å². The fourth-order valence-electron chi connectivity index (χ4n) is 5.00. The molecule has 0 aliphatic heterocycles. The highest BCUT2D eigenvalue weighted by molar-refractivity contribution is 7.61. The first-order chi connectivity index (χ1) is 18.3. The maximum absolute atomic E-state index is 13.3. The number of hydrogen-bond acceptors (Lipinski definition) is 7. The minimum absolute atomic E-state index is 0.0175. The van der Waals surface area contributed by atoms with Gasteiger partial charge < -0.3 is 10.1 Å². The SMILES string of the molecule is CCc1nc(C(=O)NCC2CCC(C(C)N=S(=O)=O)CC2)c(Cl)n1-c1ncc(CC(C)(C)C)cc1OC(F)F. The molecule has 1 fully saturated rings. The molecule has 216 valence electrons. The molecule has 1 N–H and O–H groups in total. The average Bonchev–Trinajstić information content (AvgIpc) is 3.17. The maximum Gasteiger partial charge on any atom is 0.387 e. The molecule has 0 bridgehead atoms. The van der Waals surface area contributed by atoms with Crippen molar-refractivity contribution >= 4 is 28.0 Å². The molecule has 9 nitrogen and oxygen atoms in total. The van der Waals surface area contributed by atoms with Crippen molar-refractivity contribution in [3.63, 3.8) is 0 Å². The zero-order valence-corrected chi connectivity index (χ0v) is 24.5. The first kappa shape index (κ1) is 30.9. The van der Waals surface area contributed by atoms with Gasteiger partial charge in [0.15, 0.2) is 17.3 Å². The Hall–Kier alpha value is -2.60. The van der Waals surface area contributed by atoms with Crippen molar-refractivity contribution in [3.8, 4) is 11.6 Å². The maximum atomic E-state index is 13.3. The summed E-state index contributed by atoms with van der Waals surface area (Å²) in [6.45, 7) is 7.04. The Balaban J connectivity index is 1.78. The number of carbonyl (C=O) groups excluding carboxylic acids is 1. The molecule has 0 spiro atoms. The third-order valence-electron chi connectivity index (χ3n) is 6.85. The van der Waals surface area contributed by atoms with Crippen molar-refractivity contribution in [1.29, 1.82) is 0 Å². The predicted octanol–water partition coefficient (Wildman–Crippen LogP) is 5.66. The Morgan fingerprint density at radius 1 is 1.28 bits per heavy atom. The molecular formula is C26H36ClF2N5O4S. The number of rotatable bonds is 10. The number of pyridine rings is 1. The number of hydrogen-bond donors (Lipinski definition) is 1. The zero-order valence-electron chi connectivity index (χ0n) is 22.9. The Morgan fingerprint density at radius 2 is 1.95 bits per heavy atom. The van der Waals surface area contributed by atoms with Crippen LogP contribution in [0.15, 0.2) is 16.6 Å². The molecule has 1 aliphatic rings. The number of ether oxygens (including phenoxy) is 1. The van der Waals surface area contributed by atoms with Crippen LogP contribution >= 0.6 is 11.6 Å². The fraction of sp³-hybridized carbons (Fsp3) is 0.654. The second kappa shape index (κ2) is 13.2. The number of aryl methyl sites for hydroxylation is 1. The van der Waals surface area contributed by atoms with Gasteiger partial charge in [0.1, 0.15) is 11.0 Å². The number of halogens is 3. The Kier molecular flexibility index (Phi) is 10.4. The third-order valence-corrected chi connectivity index (χ3v) is 7.70. The van der Waals surface area contributed by atoms with E-state index in [-0.39, 0.29) is 45.7 Å². The van der Waals surface area contributed by atoms with Gasteiger partial charge in [-0.1, -0.05) is 39.3 Å². The first-order valence-electron chi connectivity index (χ1n) is 13.1. The van der Waals surface area contributed by atoms with Crippen LogP contribution in [-0.4, -0.2) is 48.1 Å². The molecule has 0 aromatic carbocycles. The largest absolute Gasteiger partial charge is 0.431 e. The Bertz CT molecular complexity index is 1290. The molecule has 0 radical (unpaired) electrons. The highest BCUT2D eigenvalue weighted by atomic mass is 35.5. The summed E-state index contributed by atoms with van der Waals surface area (Å²) in [5.41, 5.74) is 0.617. The second-order valence-electron chi connectivity index (χ2n) is 11.2. The lowest BCUT2D eigenvalue weighted by Gasteiger charge is -2.30. The van der Waals surface area contributed by atoms with Gasteiger partial charge in [-0.2, -0.15) is 21.6 Å². The standard InChI is InChI=1S/C26H36ClF2N5O4S/c1-6-20-32-21(24(35)31-13-16-7-9-18(10-8-16)15(2)33-39(36)37)22(27)34(20)23-19(38-25(28)29)11-17(14-30-23)12-26(3,4)5/h11,14-16,18,25H,6-10,12-13H2,1-5H3,(H,31,35). The quantitative estimate of drug-likeness (QED) is 0.383. The lowest BCUT2D eigenvalue weighted by molar-refractivity contribution is -0.0501. The van der Waals surface area contributed by atoms with Gasteiger partial charge in [0.2, 0.25) is 0 Å². The highest BCUT2D eigenvalue weighted by Crippen LogP contribution is 2.33. The number of nitrogens with zero attached hydrogens (tertiary/aromatic N) is 4. The molecule has 1 unspecified atom stereocenters. The molecule has 2 aromatic rings. The summed E-state index contributed by atoms with van der Waals surface area (Å²) in [7, 11) is -2.42. The Labute approximate surface area is 234 Å². The summed E-state index contributed by atoms with van der Waals surface area (Å²) < 4.78 is 58.2. The van der Waals surface area contributed by atoms with Crippen molar-refractivity contribution in [2.24, 2.45) is 21.6 Å². The lowest BCUT2D eigenvalue weighted by Crippen LogP contribution is -2.33. The van der Waals surface area contributed by atoms with E-state index in [2.05, 4.69) is 19.6 Å². The second-order valence-corrected chi connectivity index (χ2v) is 12.2. The van der Waals surface area contributed by atoms with E-state index in [1.54, 1.807) is 13.1 Å². The molecular weight excluding hydrogens is 552 g/mol. The third kappa shape index (κ3) is 8.44. The van der Waals surface area contributed by atoms with E-state index in [9.17, 15) is 22.0 Å². The topological polar surface area (TPSA) is 116 Å². The van der Waals surface area contributed by atoms with Crippen LogP contribution in [0, 0.1) is 17.3 Å². The monoisotopic (exact) mass is 587 g/mol. The fourth-order valence-corrected chi connectivity index (χ4v) is 5.75. The zero-order chi connectivity index (χ0) is 28.9. The minimum atomic E-state index is -3.07. The van der Waals surface area contributed by atoms with Crippen LogP contribution in [0.1, 0.15) is 82.2 Å². The molecule has 13 heteroatoms. The van der Waals surface area contributed by atoms with Crippen LogP contribution in [0.3, 0.4) is 0 Å². The number of aromatic nitrogens is 3. The van der Waals surface area contributed by atoms with Gasteiger partial charge in [-0.25, -0.2) is 9.97 Å². The van der Waals surface area contributed by atoms with E-state index in [1.165, 1.54) is 10.6 Å². The van der Waals surface area contributed by atoms with Crippen molar-refractivity contribution in [1.82, 2.24) is 19.9 Å². The summed E-state index contributed by atoms with van der Waals surface area (Å²) >= 11 is 6.61. The minimum Gasteiger partial charge on any atom is -0.431 e. The number of imidazole rings is 1. The average molecular weight is 588 g/mol. The molecule has 0 saturated heterocycles. The van der Waals surface area contributed by atoms with E-state index < -0.39 is 23.0 Å². The molecule has 1 aliphatic carbocycles. The molecule has 39 heavy (non-hydrogen) atoms. The number of alkyl halides is 2. The molecule has 1 saturated carbocycles. The van der Waals surface area contributed by atoms with Gasteiger partial charge in [0.25, 0.3) is 5.91 Å². The first-order valence-corrected chi connectivity index (χ1v) is 14.5. The highest BCUT2D eigenvalue weighted by Gasteiger charge is 2.28. The van der Waals surface area contributed by atoms with Gasteiger partial charge in [0, 0.05) is 19.2 Å². The van der Waals surface area contributed by atoms with Crippen molar-refractivity contribution < 1.29 is 26.7 Å². The normalized spacial score (nSPS) is 18.6. The summed E-state index contributed by atoms with van der Waals surface area (Å²) in [5, 5.41) is 2.85. The van der Waals surface area contributed by atoms with E-state index in [1.807, 2.05) is 27.7 Å². The predicted molar refractivity (Wildman–Crippen MR) is 144 cm³/mol. The van der Waals surface area contributed by atoms with Crippen LogP contribution in [0.4, 0.5) is 8.78 Å². The van der Waals surface area contributed by atoms with Crippen molar-refractivity contribution in [2.75, 3.05) is 6.54 Å². The van der Waals surface area contributed by atoms with Crippen LogP contribution in [0.5, 0.6) is 5.75 Å². The van der Waals surface area contributed by atoms with E-state index in [0.29, 0.717) is 25.2 Å². The summed E-state index contributed by atoms with van der Waals surface area (Å²) in [5.74, 6) is 0.226. The smallest absolute Gasteiger partial charge is 0.387 e. The van der Waals surface area contributed by atoms with E-state index in [0.717, 1.165) is 31.2 Å². The van der Waals surface area contributed by atoms with Crippen LogP contribution in [-0.2, 0) is 23.3 Å². The van der Waals surface area contributed by atoms with Crippen LogP contribution in [0.2, 0.25) is 5.15 Å². The van der Waals surface area contributed by atoms with Crippen LogP contribution < -0.4 is 10.1 Å². The number of nitrogens with one attached hydrogen (secondary N) is 1. The summed E-state index contributed by atoms with van der Waals surface area (Å²) in [6, 6.07) is 1.26. The molecule has 3 rings (SSSR count). The van der Waals surface area contributed by atoms with E-state index in [4.69, 9.17) is 16.3 Å². The van der Waals surface area contributed by atoms with Gasteiger partial charge in [0.05, 0.1) is 6.04 Å².